The Kier molecular flexibility index (Phi) is 6.48. The SMILES string of the molecule is Cl.O=C([O-])CC(NC(=O)CNC1CC1)c1ccccc1. The summed E-state index contributed by atoms with van der Waals surface area (Å²) in [5.74, 6) is -1.37. The lowest BCUT2D eigenvalue weighted by atomic mass is 10.0. The molecule has 110 valence electrons. The zero-order valence-corrected chi connectivity index (χ0v) is 11.8. The predicted molar refractivity (Wildman–Crippen MR) is 75.2 cm³/mol. The molecule has 0 aromatic heterocycles. The molecule has 0 radical (unpaired) electrons. The fraction of sp³-hybridized carbons (Fsp3) is 0.429. The van der Waals surface area contributed by atoms with E-state index in [1.54, 1.807) is 12.1 Å². The smallest absolute Gasteiger partial charge is 0.234 e. The maximum atomic E-state index is 11.8. The van der Waals surface area contributed by atoms with Crippen LogP contribution in [-0.4, -0.2) is 24.5 Å². The Bertz CT molecular complexity index is 449. The summed E-state index contributed by atoms with van der Waals surface area (Å²) in [5.41, 5.74) is 0.770. The molecule has 20 heavy (non-hydrogen) atoms. The topological polar surface area (TPSA) is 81.3 Å². The van der Waals surface area contributed by atoms with Crippen molar-refractivity contribution >= 4 is 24.3 Å². The van der Waals surface area contributed by atoms with Crippen LogP contribution in [0.3, 0.4) is 0 Å². The fourth-order valence-corrected chi connectivity index (χ4v) is 1.87. The van der Waals surface area contributed by atoms with Gasteiger partial charge in [-0.25, -0.2) is 0 Å². The molecule has 2 N–H and O–H groups in total. The Morgan fingerprint density at radius 1 is 1.25 bits per heavy atom. The number of carboxylic acid groups (broad SMARTS) is 1. The number of amides is 1. The average molecular weight is 298 g/mol. The quantitative estimate of drug-likeness (QED) is 0.751. The molecule has 0 bridgehead atoms. The second-order valence-electron chi connectivity index (χ2n) is 4.76. The molecule has 1 aromatic rings. The summed E-state index contributed by atoms with van der Waals surface area (Å²) >= 11 is 0. The number of carbonyl (C=O) groups excluding carboxylic acids is 2. The highest BCUT2D eigenvalue weighted by atomic mass is 35.5. The molecule has 0 aliphatic heterocycles. The summed E-state index contributed by atoms with van der Waals surface area (Å²) in [7, 11) is 0. The van der Waals surface area contributed by atoms with E-state index in [1.165, 1.54) is 0 Å². The minimum Gasteiger partial charge on any atom is -0.550 e. The molecule has 1 unspecified atom stereocenters. The number of hydrogen-bond acceptors (Lipinski definition) is 4. The molecular formula is C14H18ClN2O3-. The lowest BCUT2D eigenvalue weighted by molar-refractivity contribution is -0.306. The highest BCUT2D eigenvalue weighted by molar-refractivity contribution is 5.85. The molecule has 1 saturated carbocycles. The molecule has 1 aliphatic carbocycles. The van der Waals surface area contributed by atoms with E-state index in [9.17, 15) is 14.7 Å². The Balaban J connectivity index is 0.00000200. The third-order valence-corrected chi connectivity index (χ3v) is 3.04. The summed E-state index contributed by atoms with van der Waals surface area (Å²) in [6, 6.07) is 8.96. The third kappa shape index (κ3) is 5.59. The Morgan fingerprint density at radius 2 is 1.90 bits per heavy atom. The van der Waals surface area contributed by atoms with Gasteiger partial charge in [0, 0.05) is 18.4 Å². The largest absolute Gasteiger partial charge is 0.550 e. The van der Waals surface area contributed by atoms with Gasteiger partial charge in [-0.2, -0.15) is 0 Å². The fourth-order valence-electron chi connectivity index (χ4n) is 1.87. The van der Waals surface area contributed by atoms with Gasteiger partial charge in [0.05, 0.1) is 12.6 Å². The molecule has 5 nitrogen and oxygen atoms in total. The summed E-state index contributed by atoms with van der Waals surface area (Å²) in [5, 5.41) is 16.6. The van der Waals surface area contributed by atoms with Crippen LogP contribution >= 0.6 is 12.4 Å². The maximum Gasteiger partial charge on any atom is 0.234 e. The van der Waals surface area contributed by atoms with E-state index in [0.29, 0.717) is 6.04 Å². The van der Waals surface area contributed by atoms with Crippen LogP contribution in [0.25, 0.3) is 0 Å². The van der Waals surface area contributed by atoms with Crippen LogP contribution in [0.5, 0.6) is 0 Å². The summed E-state index contributed by atoms with van der Waals surface area (Å²) in [4.78, 5) is 22.5. The predicted octanol–water partition coefficient (Wildman–Crippen LogP) is 0.158. The molecule has 2 rings (SSSR count). The van der Waals surface area contributed by atoms with Gasteiger partial charge in [-0.1, -0.05) is 30.3 Å². The van der Waals surface area contributed by atoms with E-state index >= 15 is 0 Å². The number of halogens is 1. The number of benzene rings is 1. The highest BCUT2D eigenvalue weighted by Crippen LogP contribution is 2.18. The van der Waals surface area contributed by atoms with Crippen molar-refractivity contribution in [2.45, 2.75) is 31.3 Å². The van der Waals surface area contributed by atoms with E-state index in [1.807, 2.05) is 18.2 Å². The van der Waals surface area contributed by atoms with E-state index < -0.39 is 12.0 Å². The van der Waals surface area contributed by atoms with Crippen molar-refractivity contribution in [2.24, 2.45) is 0 Å². The van der Waals surface area contributed by atoms with Gasteiger partial charge in [-0.3, -0.25) is 4.79 Å². The number of rotatable bonds is 7. The number of carboxylic acids is 1. The molecule has 0 heterocycles. The van der Waals surface area contributed by atoms with Crippen molar-refractivity contribution in [3.63, 3.8) is 0 Å². The average Bonchev–Trinajstić information content (AvgIpc) is 3.20. The van der Waals surface area contributed by atoms with Crippen LogP contribution in [0.4, 0.5) is 0 Å². The van der Waals surface area contributed by atoms with E-state index in [2.05, 4.69) is 10.6 Å². The number of nitrogens with one attached hydrogen (secondary N) is 2. The van der Waals surface area contributed by atoms with Crippen LogP contribution in [0.1, 0.15) is 30.9 Å². The zero-order chi connectivity index (χ0) is 13.7. The highest BCUT2D eigenvalue weighted by Gasteiger charge is 2.22. The van der Waals surface area contributed by atoms with Gasteiger partial charge in [0.1, 0.15) is 0 Å². The zero-order valence-electron chi connectivity index (χ0n) is 11.0. The van der Waals surface area contributed by atoms with E-state index in [0.717, 1.165) is 18.4 Å². The summed E-state index contributed by atoms with van der Waals surface area (Å²) < 4.78 is 0. The number of carbonyl (C=O) groups is 2. The van der Waals surface area contributed by atoms with Crippen molar-refractivity contribution < 1.29 is 14.7 Å². The number of hydrogen-bond donors (Lipinski definition) is 2. The lowest BCUT2D eigenvalue weighted by Crippen LogP contribution is -2.39. The van der Waals surface area contributed by atoms with Crippen LogP contribution in [0.2, 0.25) is 0 Å². The van der Waals surface area contributed by atoms with Crippen molar-refractivity contribution in [3.8, 4) is 0 Å². The first-order valence-electron chi connectivity index (χ1n) is 6.42. The van der Waals surface area contributed by atoms with Gasteiger partial charge in [-0.05, 0) is 18.4 Å². The van der Waals surface area contributed by atoms with E-state index in [4.69, 9.17) is 0 Å². The minimum atomic E-state index is -1.18. The van der Waals surface area contributed by atoms with Gasteiger partial charge < -0.3 is 20.5 Å². The molecule has 0 spiro atoms. The monoisotopic (exact) mass is 297 g/mol. The molecule has 1 fully saturated rings. The van der Waals surface area contributed by atoms with Crippen molar-refractivity contribution in [1.82, 2.24) is 10.6 Å². The van der Waals surface area contributed by atoms with Crippen molar-refractivity contribution in [1.29, 1.82) is 0 Å². The Labute approximate surface area is 124 Å². The van der Waals surface area contributed by atoms with Crippen LogP contribution in [0, 0.1) is 0 Å². The first-order chi connectivity index (χ1) is 9.15. The third-order valence-electron chi connectivity index (χ3n) is 3.04. The molecule has 1 aliphatic rings. The van der Waals surface area contributed by atoms with Crippen LogP contribution in [0.15, 0.2) is 30.3 Å². The second-order valence-corrected chi connectivity index (χ2v) is 4.76. The molecule has 1 atom stereocenters. The van der Waals surface area contributed by atoms with Crippen molar-refractivity contribution in [3.05, 3.63) is 35.9 Å². The first-order valence-corrected chi connectivity index (χ1v) is 6.42. The van der Waals surface area contributed by atoms with Crippen molar-refractivity contribution in [2.75, 3.05) is 6.54 Å². The van der Waals surface area contributed by atoms with Gasteiger partial charge >= 0.3 is 0 Å². The summed E-state index contributed by atoms with van der Waals surface area (Å²) in [6.45, 7) is 0.223. The van der Waals surface area contributed by atoms with Crippen LogP contribution in [-0.2, 0) is 9.59 Å². The first kappa shape index (κ1) is 16.5. The Hall–Kier alpha value is -1.59. The lowest BCUT2D eigenvalue weighted by Gasteiger charge is -2.20. The van der Waals surface area contributed by atoms with Gasteiger partial charge in [0.15, 0.2) is 0 Å². The number of aliphatic carboxylic acids is 1. The standard InChI is InChI=1S/C14H18N2O3.ClH/c17-13(9-15-11-6-7-11)16-12(8-14(18)19)10-4-2-1-3-5-10;/h1-5,11-12,15H,6-9H2,(H,16,17)(H,18,19);1H/p-1. The Morgan fingerprint density at radius 3 is 2.45 bits per heavy atom. The normalized spacial score (nSPS) is 15.0. The van der Waals surface area contributed by atoms with E-state index in [-0.39, 0.29) is 31.3 Å². The minimum absolute atomic E-state index is 0. The van der Waals surface area contributed by atoms with Gasteiger partial charge in [0.2, 0.25) is 5.91 Å². The molecule has 1 aromatic carbocycles. The molecular weight excluding hydrogens is 280 g/mol. The van der Waals surface area contributed by atoms with Gasteiger partial charge in [0.25, 0.3) is 0 Å². The second kappa shape index (κ2) is 7.87. The van der Waals surface area contributed by atoms with Crippen LogP contribution < -0.4 is 15.7 Å². The maximum absolute atomic E-state index is 11.8. The van der Waals surface area contributed by atoms with Gasteiger partial charge in [-0.15, -0.1) is 12.4 Å². The molecule has 1 amide bonds. The summed E-state index contributed by atoms with van der Waals surface area (Å²) in [6.07, 6.45) is 1.99. The molecule has 0 saturated heterocycles. The molecule has 6 heteroatoms.